The van der Waals surface area contributed by atoms with Crippen molar-refractivity contribution < 1.29 is 15.0 Å². The standard InChI is InChI=1S/C24H28N4O3S2/c1-23-6-5-18(30)24(2,13-29)17(23)11-16-20(28-21(33-16)14-4-3-7-25-12-14)15(23)10-19(31)27-22-26-8-9-32-22/h3-4,7-9,12,15,17-18,29-30H,5-6,10-11,13H2,1-2H3,(H,26,27,31). The first kappa shape index (κ1) is 22.6. The number of nitrogens with zero attached hydrogens (tertiary/aromatic N) is 3. The Kier molecular flexibility index (Phi) is 5.84. The van der Waals surface area contributed by atoms with Crippen molar-refractivity contribution in [2.75, 3.05) is 11.9 Å². The van der Waals surface area contributed by atoms with Crippen LogP contribution in [0.2, 0.25) is 0 Å². The van der Waals surface area contributed by atoms with Gasteiger partial charge < -0.3 is 15.5 Å². The van der Waals surface area contributed by atoms with Crippen LogP contribution < -0.4 is 5.32 Å². The fourth-order valence-electron chi connectivity index (χ4n) is 5.90. The third-order valence-corrected chi connectivity index (χ3v) is 9.70. The summed E-state index contributed by atoms with van der Waals surface area (Å²) in [6.45, 7) is 4.11. The summed E-state index contributed by atoms with van der Waals surface area (Å²) in [5.41, 5.74) is 1.03. The lowest BCUT2D eigenvalue weighted by Gasteiger charge is -2.58. The lowest BCUT2D eigenvalue weighted by molar-refractivity contribution is -0.143. The van der Waals surface area contributed by atoms with Crippen molar-refractivity contribution in [2.45, 2.75) is 51.6 Å². The molecule has 0 aliphatic heterocycles. The third-order valence-electron chi connectivity index (χ3n) is 7.87. The molecule has 174 valence electrons. The molecule has 5 unspecified atom stereocenters. The van der Waals surface area contributed by atoms with Crippen LogP contribution in [0.4, 0.5) is 5.13 Å². The highest BCUT2D eigenvalue weighted by Crippen LogP contribution is 2.62. The Labute approximate surface area is 201 Å². The molecular weight excluding hydrogens is 456 g/mol. The summed E-state index contributed by atoms with van der Waals surface area (Å²) in [6, 6.07) is 3.90. The molecule has 7 nitrogen and oxygen atoms in total. The predicted molar refractivity (Wildman–Crippen MR) is 129 cm³/mol. The molecule has 1 fully saturated rings. The molecule has 3 N–H and O–H groups in total. The molecule has 33 heavy (non-hydrogen) atoms. The number of aliphatic hydroxyl groups is 2. The first-order valence-electron chi connectivity index (χ1n) is 11.2. The molecule has 1 amide bonds. The average molecular weight is 485 g/mol. The molecule has 2 aliphatic carbocycles. The first-order valence-corrected chi connectivity index (χ1v) is 12.9. The van der Waals surface area contributed by atoms with Gasteiger partial charge in [-0.2, -0.15) is 0 Å². The summed E-state index contributed by atoms with van der Waals surface area (Å²) in [5.74, 6) is -0.173. The zero-order chi connectivity index (χ0) is 23.2. The summed E-state index contributed by atoms with van der Waals surface area (Å²) in [4.78, 5) is 27.7. The second kappa shape index (κ2) is 8.54. The maximum atomic E-state index is 13.1. The van der Waals surface area contributed by atoms with Crippen molar-refractivity contribution in [1.82, 2.24) is 15.0 Å². The van der Waals surface area contributed by atoms with E-state index in [2.05, 4.69) is 22.2 Å². The summed E-state index contributed by atoms with van der Waals surface area (Å²) < 4.78 is 0. The van der Waals surface area contributed by atoms with Gasteiger partial charge in [0, 0.05) is 52.2 Å². The Hall–Kier alpha value is -2.20. The molecule has 2 aliphatic rings. The molecule has 1 saturated carbocycles. The number of hydrogen-bond donors (Lipinski definition) is 3. The number of nitrogens with one attached hydrogen (secondary N) is 1. The molecule has 0 saturated heterocycles. The highest BCUT2D eigenvalue weighted by Gasteiger charge is 2.59. The van der Waals surface area contributed by atoms with E-state index in [0.717, 1.165) is 34.0 Å². The minimum absolute atomic E-state index is 0.0334. The van der Waals surface area contributed by atoms with Gasteiger partial charge in [-0.05, 0) is 42.7 Å². The van der Waals surface area contributed by atoms with Crippen molar-refractivity contribution in [3.8, 4) is 10.6 Å². The van der Waals surface area contributed by atoms with E-state index < -0.39 is 11.5 Å². The van der Waals surface area contributed by atoms with Gasteiger partial charge in [-0.3, -0.25) is 9.78 Å². The smallest absolute Gasteiger partial charge is 0.226 e. The lowest BCUT2D eigenvalue weighted by atomic mass is 9.47. The van der Waals surface area contributed by atoms with E-state index in [1.165, 1.54) is 11.3 Å². The lowest BCUT2D eigenvalue weighted by Crippen LogP contribution is -2.57. The summed E-state index contributed by atoms with van der Waals surface area (Å²) in [5, 5.41) is 27.5. The van der Waals surface area contributed by atoms with Gasteiger partial charge in [-0.15, -0.1) is 22.7 Å². The van der Waals surface area contributed by atoms with E-state index in [0.29, 0.717) is 11.6 Å². The number of fused-ring (bicyclic) bond motifs is 2. The van der Waals surface area contributed by atoms with Gasteiger partial charge in [0.15, 0.2) is 5.13 Å². The van der Waals surface area contributed by atoms with Crippen LogP contribution in [0.25, 0.3) is 10.6 Å². The second-order valence-corrected chi connectivity index (χ2v) is 11.7. The minimum Gasteiger partial charge on any atom is -0.396 e. The van der Waals surface area contributed by atoms with Gasteiger partial charge in [0.2, 0.25) is 5.91 Å². The molecule has 3 aromatic heterocycles. The number of hydrogen-bond acceptors (Lipinski definition) is 8. The number of rotatable bonds is 5. The van der Waals surface area contributed by atoms with Crippen molar-refractivity contribution in [2.24, 2.45) is 16.7 Å². The Morgan fingerprint density at radius 3 is 2.88 bits per heavy atom. The highest BCUT2D eigenvalue weighted by molar-refractivity contribution is 7.15. The Bertz CT molecular complexity index is 1140. The zero-order valence-corrected chi connectivity index (χ0v) is 20.3. The van der Waals surface area contributed by atoms with Crippen LogP contribution in [0.1, 0.15) is 49.6 Å². The predicted octanol–water partition coefficient (Wildman–Crippen LogP) is 4.11. The van der Waals surface area contributed by atoms with Crippen molar-refractivity contribution in [3.63, 3.8) is 0 Å². The van der Waals surface area contributed by atoms with E-state index in [1.807, 2.05) is 30.6 Å². The van der Waals surface area contributed by atoms with E-state index >= 15 is 0 Å². The maximum Gasteiger partial charge on any atom is 0.226 e. The van der Waals surface area contributed by atoms with Gasteiger partial charge >= 0.3 is 0 Å². The number of aromatic nitrogens is 3. The number of anilines is 1. The largest absolute Gasteiger partial charge is 0.396 e. The molecule has 0 aromatic carbocycles. The summed E-state index contributed by atoms with van der Waals surface area (Å²) >= 11 is 3.03. The van der Waals surface area contributed by atoms with Crippen molar-refractivity contribution in [3.05, 3.63) is 46.7 Å². The van der Waals surface area contributed by atoms with E-state index in [1.54, 1.807) is 23.7 Å². The molecule has 0 radical (unpaired) electrons. The highest BCUT2D eigenvalue weighted by atomic mass is 32.1. The SMILES string of the molecule is CC1(CO)C(O)CCC2(C)C(CC(=O)Nc3nccs3)c3nc(-c4cccnc4)sc3CC12. The fourth-order valence-corrected chi connectivity index (χ4v) is 7.60. The molecular formula is C24H28N4O3S2. The third kappa shape index (κ3) is 3.80. The quantitative estimate of drug-likeness (QED) is 0.503. The molecule has 3 aromatic rings. The monoisotopic (exact) mass is 484 g/mol. The number of carbonyl (C=O) groups is 1. The Morgan fingerprint density at radius 1 is 1.33 bits per heavy atom. The molecule has 0 spiro atoms. The van der Waals surface area contributed by atoms with Crippen LogP contribution in [0.5, 0.6) is 0 Å². The van der Waals surface area contributed by atoms with Crippen LogP contribution in [0, 0.1) is 16.7 Å². The van der Waals surface area contributed by atoms with Gasteiger partial charge in [-0.1, -0.05) is 13.8 Å². The molecule has 9 heteroatoms. The zero-order valence-electron chi connectivity index (χ0n) is 18.7. The molecule has 5 atom stereocenters. The van der Waals surface area contributed by atoms with Crippen molar-refractivity contribution in [1.29, 1.82) is 0 Å². The summed E-state index contributed by atoms with van der Waals surface area (Å²) in [7, 11) is 0. The van der Waals surface area contributed by atoms with Crippen LogP contribution in [-0.4, -0.2) is 43.8 Å². The number of aliphatic hydroxyl groups excluding tert-OH is 2. The van der Waals surface area contributed by atoms with E-state index in [-0.39, 0.29) is 36.2 Å². The molecule has 5 rings (SSSR count). The topological polar surface area (TPSA) is 108 Å². The van der Waals surface area contributed by atoms with Crippen LogP contribution in [-0.2, 0) is 11.2 Å². The van der Waals surface area contributed by atoms with Gasteiger partial charge in [0.05, 0.1) is 18.4 Å². The number of amides is 1. The Balaban J connectivity index is 1.57. The number of carbonyl (C=O) groups excluding carboxylic acids is 1. The second-order valence-electron chi connectivity index (χ2n) is 9.69. The van der Waals surface area contributed by atoms with E-state index in [9.17, 15) is 15.0 Å². The fraction of sp³-hybridized carbons (Fsp3) is 0.500. The summed E-state index contributed by atoms with van der Waals surface area (Å²) in [6.07, 6.45) is 7.06. The van der Waals surface area contributed by atoms with E-state index in [4.69, 9.17) is 4.98 Å². The van der Waals surface area contributed by atoms with Gasteiger partial charge in [0.25, 0.3) is 0 Å². The maximum absolute atomic E-state index is 13.1. The Morgan fingerprint density at radius 2 is 2.18 bits per heavy atom. The van der Waals surface area contributed by atoms with Gasteiger partial charge in [0.1, 0.15) is 5.01 Å². The first-order chi connectivity index (χ1) is 15.8. The number of pyridine rings is 1. The molecule has 0 bridgehead atoms. The normalized spacial score (nSPS) is 31.0. The number of thiazole rings is 2. The van der Waals surface area contributed by atoms with Crippen LogP contribution in [0.15, 0.2) is 36.1 Å². The van der Waals surface area contributed by atoms with Crippen molar-refractivity contribution >= 4 is 33.7 Å². The van der Waals surface area contributed by atoms with Crippen LogP contribution >= 0.6 is 22.7 Å². The minimum atomic E-state index is -0.632. The van der Waals surface area contributed by atoms with Gasteiger partial charge in [-0.25, -0.2) is 9.97 Å². The molecule has 3 heterocycles. The average Bonchev–Trinajstić information content (AvgIpc) is 3.48. The van der Waals surface area contributed by atoms with Crippen LogP contribution in [0.3, 0.4) is 0 Å².